The molecule has 2 aromatic carbocycles. The van der Waals surface area contributed by atoms with Crippen LogP contribution in [0.4, 0.5) is 0 Å². The summed E-state index contributed by atoms with van der Waals surface area (Å²) in [4.78, 5) is 0. The second kappa shape index (κ2) is 7.43. The maximum Gasteiger partial charge on any atom is 0.165 e. The van der Waals surface area contributed by atoms with Crippen LogP contribution in [0.3, 0.4) is 0 Å². The number of benzene rings is 2. The summed E-state index contributed by atoms with van der Waals surface area (Å²) >= 11 is 0. The lowest BCUT2D eigenvalue weighted by atomic mass is 10.0. The van der Waals surface area contributed by atoms with E-state index in [1.807, 2.05) is 60.1 Å². The number of aryl methyl sites for hydroxylation is 2. The van der Waals surface area contributed by atoms with Gasteiger partial charge in [0, 0.05) is 5.56 Å². The first-order valence-electron chi connectivity index (χ1n) is 8.67. The number of aromatic hydroxyl groups is 1. The molecule has 25 heavy (non-hydrogen) atoms. The monoisotopic (exact) mass is 336 g/mol. The Morgan fingerprint density at radius 2 is 1.80 bits per heavy atom. The number of ether oxygens (including phenoxy) is 1. The van der Waals surface area contributed by atoms with Gasteiger partial charge in [0.1, 0.15) is 17.1 Å². The molecule has 0 bridgehead atoms. The summed E-state index contributed by atoms with van der Waals surface area (Å²) in [5.74, 6) is 1.07. The van der Waals surface area contributed by atoms with E-state index >= 15 is 0 Å². The first kappa shape index (κ1) is 17.1. The van der Waals surface area contributed by atoms with Gasteiger partial charge < -0.3 is 9.84 Å². The van der Waals surface area contributed by atoms with Crippen molar-refractivity contribution in [3.05, 3.63) is 59.8 Å². The van der Waals surface area contributed by atoms with E-state index < -0.39 is 0 Å². The molecule has 4 heteroatoms. The second-order valence-corrected chi connectivity index (χ2v) is 6.17. The summed E-state index contributed by atoms with van der Waals surface area (Å²) in [5.41, 5.74) is 4.49. The van der Waals surface area contributed by atoms with Gasteiger partial charge in [-0.15, -0.1) is 0 Å². The van der Waals surface area contributed by atoms with E-state index in [9.17, 15) is 5.11 Å². The van der Waals surface area contributed by atoms with Crippen molar-refractivity contribution in [2.45, 2.75) is 33.1 Å². The van der Waals surface area contributed by atoms with Crippen molar-refractivity contribution < 1.29 is 9.84 Å². The lowest BCUT2D eigenvalue weighted by molar-refractivity contribution is 0.414. The Morgan fingerprint density at radius 3 is 2.44 bits per heavy atom. The Hall–Kier alpha value is -2.75. The molecule has 1 aromatic heterocycles. The highest BCUT2D eigenvalue weighted by atomic mass is 16.5. The molecule has 1 N–H and O–H groups in total. The van der Waals surface area contributed by atoms with Gasteiger partial charge in [-0.3, -0.25) is 0 Å². The molecule has 0 fully saturated rings. The van der Waals surface area contributed by atoms with E-state index in [2.05, 4.69) is 6.92 Å². The number of hydrogen-bond donors (Lipinski definition) is 1. The standard InChI is InChI=1S/C21H24N2O2/c1-4-5-10-19-21(24)20(18-9-7-6-8-15(18)2)23(22-19)16-11-13-17(25-3)14-12-16/h6-9,11-14,24H,4-5,10H2,1-3H3. The summed E-state index contributed by atoms with van der Waals surface area (Å²) in [6, 6.07) is 15.8. The molecule has 0 saturated carbocycles. The van der Waals surface area contributed by atoms with Gasteiger partial charge in [0.2, 0.25) is 0 Å². The van der Waals surface area contributed by atoms with Gasteiger partial charge in [0.25, 0.3) is 0 Å². The molecule has 130 valence electrons. The second-order valence-electron chi connectivity index (χ2n) is 6.17. The first-order valence-corrected chi connectivity index (χ1v) is 8.67. The van der Waals surface area contributed by atoms with Crippen LogP contribution in [-0.4, -0.2) is 22.0 Å². The molecule has 3 rings (SSSR count). The minimum atomic E-state index is 0.276. The Balaban J connectivity index is 2.16. The third kappa shape index (κ3) is 3.38. The average Bonchev–Trinajstić information content (AvgIpc) is 2.97. The topological polar surface area (TPSA) is 47.3 Å². The zero-order chi connectivity index (χ0) is 17.8. The fraction of sp³-hybridized carbons (Fsp3) is 0.286. The van der Waals surface area contributed by atoms with Gasteiger partial charge in [-0.2, -0.15) is 5.10 Å². The Labute approximate surface area is 148 Å². The first-order chi connectivity index (χ1) is 12.2. The predicted octanol–water partition coefficient (Wildman–Crippen LogP) is 4.90. The largest absolute Gasteiger partial charge is 0.504 e. The smallest absolute Gasteiger partial charge is 0.165 e. The molecular weight excluding hydrogens is 312 g/mol. The molecular formula is C21H24N2O2. The van der Waals surface area contributed by atoms with Gasteiger partial charge in [-0.25, -0.2) is 4.68 Å². The molecule has 1 heterocycles. The fourth-order valence-corrected chi connectivity index (χ4v) is 2.96. The maximum absolute atomic E-state index is 10.9. The Morgan fingerprint density at radius 1 is 1.08 bits per heavy atom. The molecule has 0 atom stereocenters. The van der Waals surface area contributed by atoms with E-state index in [4.69, 9.17) is 9.84 Å². The zero-order valence-corrected chi connectivity index (χ0v) is 15.0. The van der Waals surface area contributed by atoms with Crippen LogP contribution in [0.1, 0.15) is 31.0 Å². The summed E-state index contributed by atoms with van der Waals surface area (Å²) in [6.45, 7) is 4.19. The molecule has 4 nitrogen and oxygen atoms in total. The van der Waals surface area contributed by atoms with Crippen molar-refractivity contribution in [1.29, 1.82) is 0 Å². The highest BCUT2D eigenvalue weighted by Gasteiger charge is 2.20. The third-order valence-corrected chi connectivity index (χ3v) is 4.41. The van der Waals surface area contributed by atoms with Gasteiger partial charge in [0.15, 0.2) is 5.75 Å². The van der Waals surface area contributed by atoms with E-state index in [1.165, 1.54) is 0 Å². The third-order valence-electron chi connectivity index (χ3n) is 4.41. The van der Waals surface area contributed by atoms with Crippen LogP contribution < -0.4 is 4.74 Å². The van der Waals surface area contributed by atoms with Crippen LogP contribution in [0.2, 0.25) is 0 Å². The molecule has 0 saturated heterocycles. The van der Waals surface area contributed by atoms with E-state index in [1.54, 1.807) is 7.11 Å². The van der Waals surface area contributed by atoms with Gasteiger partial charge in [-0.05, 0) is 49.6 Å². The highest BCUT2D eigenvalue weighted by molar-refractivity contribution is 5.72. The van der Waals surface area contributed by atoms with Gasteiger partial charge in [0.05, 0.1) is 12.8 Å². The molecule has 0 aliphatic heterocycles. The number of methoxy groups -OCH3 is 1. The molecule has 0 radical (unpaired) electrons. The molecule has 0 unspecified atom stereocenters. The highest BCUT2D eigenvalue weighted by Crippen LogP contribution is 2.36. The quantitative estimate of drug-likeness (QED) is 0.696. The number of nitrogens with zero attached hydrogens (tertiary/aromatic N) is 2. The minimum absolute atomic E-state index is 0.276. The predicted molar refractivity (Wildman–Crippen MR) is 101 cm³/mol. The fourth-order valence-electron chi connectivity index (χ4n) is 2.96. The lowest BCUT2D eigenvalue weighted by Gasteiger charge is -2.10. The van der Waals surface area contributed by atoms with Crippen molar-refractivity contribution in [3.63, 3.8) is 0 Å². The van der Waals surface area contributed by atoms with Crippen molar-refractivity contribution in [1.82, 2.24) is 9.78 Å². The Bertz CT molecular complexity index is 851. The van der Waals surface area contributed by atoms with E-state index in [0.717, 1.165) is 53.2 Å². The molecule has 3 aromatic rings. The molecule has 0 aliphatic carbocycles. The number of hydrogen-bond acceptors (Lipinski definition) is 3. The summed E-state index contributed by atoms with van der Waals surface area (Å²) in [5, 5.41) is 15.6. The molecule has 0 aliphatic rings. The molecule has 0 spiro atoms. The van der Waals surface area contributed by atoms with E-state index in [-0.39, 0.29) is 5.75 Å². The maximum atomic E-state index is 10.9. The normalized spacial score (nSPS) is 10.8. The summed E-state index contributed by atoms with van der Waals surface area (Å²) in [7, 11) is 1.65. The number of rotatable bonds is 6. The van der Waals surface area contributed by atoms with Crippen LogP contribution in [0.25, 0.3) is 16.9 Å². The van der Waals surface area contributed by atoms with Gasteiger partial charge >= 0.3 is 0 Å². The van der Waals surface area contributed by atoms with Crippen LogP contribution in [-0.2, 0) is 6.42 Å². The van der Waals surface area contributed by atoms with Crippen LogP contribution >= 0.6 is 0 Å². The van der Waals surface area contributed by atoms with Crippen molar-refractivity contribution in [2.75, 3.05) is 7.11 Å². The van der Waals surface area contributed by atoms with E-state index in [0.29, 0.717) is 0 Å². The number of aromatic nitrogens is 2. The van der Waals surface area contributed by atoms with Crippen molar-refractivity contribution in [3.8, 4) is 28.4 Å². The summed E-state index contributed by atoms with van der Waals surface area (Å²) < 4.78 is 7.08. The summed E-state index contributed by atoms with van der Waals surface area (Å²) in [6.07, 6.45) is 2.83. The molecule has 0 amide bonds. The van der Waals surface area contributed by atoms with Crippen LogP contribution in [0.5, 0.6) is 11.5 Å². The number of unbranched alkanes of at least 4 members (excludes halogenated alkanes) is 1. The zero-order valence-electron chi connectivity index (χ0n) is 15.0. The van der Waals surface area contributed by atoms with Crippen molar-refractivity contribution >= 4 is 0 Å². The van der Waals surface area contributed by atoms with Crippen LogP contribution in [0.15, 0.2) is 48.5 Å². The SMILES string of the molecule is CCCCc1nn(-c2ccc(OC)cc2)c(-c2ccccc2C)c1O. The Kier molecular flexibility index (Phi) is 5.08. The van der Waals surface area contributed by atoms with Crippen LogP contribution in [0, 0.1) is 6.92 Å². The van der Waals surface area contributed by atoms with Crippen molar-refractivity contribution in [2.24, 2.45) is 0 Å². The minimum Gasteiger partial charge on any atom is -0.504 e. The average molecular weight is 336 g/mol. The lowest BCUT2D eigenvalue weighted by Crippen LogP contribution is -2.00. The van der Waals surface area contributed by atoms with Gasteiger partial charge in [-0.1, -0.05) is 37.6 Å².